The van der Waals surface area contributed by atoms with E-state index in [0.717, 1.165) is 26.2 Å². The van der Waals surface area contributed by atoms with Crippen LogP contribution >= 0.6 is 0 Å². The first-order chi connectivity index (χ1) is 4.86. The first-order valence-corrected chi connectivity index (χ1v) is 3.71. The van der Waals surface area contributed by atoms with Gasteiger partial charge in [-0.1, -0.05) is 0 Å². The quantitative estimate of drug-likeness (QED) is 0.492. The molecular formula is C6H16N4. The molecule has 60 valence electrons. The predicted octanol–water partition coefficient (Wildman–Crippen LogP) is -1.56. The van der Waals surface area contributed by atoms with E-state index in [1.165, 1.54) is 0 Å². The Morgan fingerprint density at radius 2 is 1.10 bits per heavy atom. The molecule has 1 rings (SSSR count). The van der Waals surface area contributed by atoms with E-state index in [0.29, 0.717) is 13.3 Å². The van der Waals surface area contributed by atoms with E-state index in [2.05, 4.69) is 9.80 Å². The first-order valence-electron chi connectivity index (χ1n) is 3.71. The van der Waals surface area contributed by atoms with Crippen molar-refractivity contribution in [2.45, 2.75) is 0 Å². The highest BCUT2D eigenvalue weighted by Crippen LogP contribution is 1.96. The van der Waals surface area contributed by atoms with Gasteiger partial charge in [0.1, 0.15) is 0 Å². The second-order valence-corrected chi connectivity index (χ2v) is 2.60. The molecule has 0 aliphatic carbocycles. The van der Waals surface area contributed by atoms with Crippen LogP contribution in [0.3, 0.4) is 0 Å². The van der Waals surface area contributed by atoms with Gasteiger partial charge in [0, 0.05) is 39.5 Å². The van der Waals surface area contributed by atoms with Gasteiger partial charge in [-0.25, -0.2) is 0 Å². The maximum Gasteiger partial charge on any atom is 0.0456 e. The van der Waals surface area contributed by atoms with Gasteiger partial charge in [-0.2, -0.15) is 0 Å². The van der Waals surface area contributed by atoms with Crippen molar-refractivity contribution in [1.82, 2.24) is 9.80 Å². The normalized spacial score (nSPS) is 23.4. The van der Waals surface area contributed by atoms with Crippen molar-refractivity contribution in [2.75, 3.05) is 39.5 Å². The van der Waals surface area contributed by atoms with E-state index in [1.54, 1.807) is 0 Å². The summed E-state index contributed by atoms with van der Waals surface area (Å²) in [5.41, 5.74) is 10.9. The summed E-state index contributed by atoms with van der Waals surface area (Å²) in [6, 6.07) is 0. The van der Waals surface area contributed by atoms with Crippen molar-refractivity contribution in [2.24, 2.45) is 11.5 Å². The fourth-order valence-corrected chi connectivity index (χ4v) is 1.15. The molecule has 1 aliphatic heterocycles. The minimum atomic E-state index is 0.679. The molecule has 1 aliphatic rings. The molecular weight excluding hydrogens is 128 g/mol. The number of hydrogen-bond acceptors (Lipinski definition) is 4. The molecule has 0 saturated carbocycles. The van der Waals surface area contributed by atoms with Gasteiger partial charge >= 0.3 is 0 Å². The van der Waals surface area contributed by atoms with E-state index in [9.17, 15) is 0 Å². The zero-order valence-corrected chi connectivity index (χ0v) is 6.29. The maximum atomic E-state index is 5.47. The van der Waals surface area contributed by atoms with Crippen LogP contribution in [0.25, 0.3) is 0 Å². The highest BCUT2D eigenvalue weighted by atomic mass is 15.3. The highest BCUT2D eigenvalue weighted by molar-refractivity contribution is 4.68. The fraction of sp³-hybridized carbons (Fsp3) is 1.00. The second kappa shape index (κ2) is 3.88. The topological polar surface area (TPSA) is 58.5 Å². The summed E-state index contributed by atoms with van der Waals surface area (Å²) >= 11 is 0. The number of nitrogens with zero attached hydrogens (tertiary/aromatic N) is 2. The summed E-state index contributed by atoms with van der Waals surface area (Å²) in [5, 5.41) is 0. The Bertz CT molecular complexity index is 75.7. The van der Waals surface area contributed by atoms with Crippen LogP contribution < -0.4 is 11.5 Å². The number of hydrogen-bond donors (Lipinski definition) is 2. The maximum absolute atomic E-state index is 5.47. The van der Waals surface area contributed by atoms with Crippen LogP contribution in [0.2, 0.25) is 0 Å². The lowest BCUT2D eigenvalue weighted by Gasteiger charge is -2.32. The van der Waals surface area contributed by atoms with Crippen LogP contribution in [-0.2, 0) is 0 Å². The third-order valence-corrected chi connectivity index (χ3v) is 1.98. The van der Waals surface area contributed by atoms with Crippen LogP contribution in [0, 0.1) is 0 Å². The van der Waals surface area contributed by atoms with Gasteiger partial charge in [0.2, 0.25) is 0 Å². The van der Waals surface area contributed by atoms with Crippen molar-refractivity contribution in [3.05, 3.63) is 0 Å². The molecule has 0 aromatic rings. The number of rotatable bonds is 2. The van der Waals surface area contributed by atoms with Gasteiger partial charge in [0.05, 0.1) is 0 Å². The second-order valence-electron chi connectivity index (χ2n) is 2.60. The number of piperazine rings is 1. The molecule has 4 N–H and O–H groups in total. The Balaban J connectivity index is 2.17. The summed E-state index contributed by atoms with van der Waals surface area (Å²) < 4.78 is 0. The van der Waals surface area contributed by atoms with Gasteiger partial charge in [-0.3, -0.25) is 9.80 Å². The molecule has 0 spiro atoms. The van der Waals surface area contributed by atoms with Crippen molar-refractivity contribution >= 4 is 0 Å². The molecule has 0 unspecified atom stereocenters. The Morgan fingerprint density at radius 1 is 0.800 bits per heavy atom. The third kappa shape index (κ3) is 1.91. The molecule has 1 heterocycles. The lowest BCUT2D eigenvalue weighted by atomic mass is 10.3. The lowest BCUT2D eigenvalue weighted by Crippen LogP contribution is -2.49. The summed E-state index contributed by atoms with van der Waals surface area (Å²) in [6.45, 7) is 5.61. The summed E-state index contributed by atoms with van der Waals surface area (Å²) in [5.74, 6) is 0. The fourth-order valence-electron chi connectivity index (χ4n) is 1.15. The van der Waals surface area contributed by atoms with Gasteiger partial charge in [0.25, 0.3) is 0 Å². The lowest BCUT2D eigenvalue weighted by molar-refractivity contribution is 0.137. The zero-order chi connectivity index (χ0) is 7.40. The van der Waals surface area contributed by atoms with Crippen LogP contribution in [0.5, 0.6) is 0 Å². The molecule has 0 atom stereocenters. The molecule has 1 fully saturated rings. The molecule has 0 aromatic heterocycles. The van der Waals surface area contributed by atoms with Crippen molar-refractivity contribution in [1.29, 1.82) is 0 Å². The van der Waals surface area contributed by atoms with E-state index in [-0.39, 0.29) is 0 Å². The molecule has 0 aromatic carbocycles. The SMILES string of the molecule is NCN1CCN(CN)CC1. The third-order valence-electron chi connectivity index (χ3n) is 1.98. The van der Waals surface area contributed by atoms with Gasteiger partial charge in [-0.05, 0) is 0 Å². The van der Waals surface area contributed by atoms with E-state index in [1.807, 2.05) is 0 Å². The van der Waals surface area contributed by atoms with Crippen LogP contribution in [0.15, 0.2) is 0 Å². The van der Waals surface area contributed by atoms with E-state index in [4.69, 9.17) is 11.5 Å². The first kappa shape index (κ1) is 7.94. The molecule has 1 saturated heterocycles. The Kier molecular flexibility index (Phi) is 3.08. The van der Waals surface area contributed by atoms with E-state index >= 15 is 0 Å². The molecule has 0 bridgehead atoms. The van der Waals surface area contributed by atoms with Crippen molar-refractivity contribution < 1.29 is 0 Å². The van der Waals surface area contributed by atoms with Gasteiger partial charge in [-0.15, -0.1) is 0 Å². The van der Waals surface area contributed by atoms with Crippen LogP contribution in [0.1, 0.15) is 0 Å². The average Bonchev–Trinajstić information content (AvgIpc) is 2.05. The Labute approximate surface area is 61.8 Å². The Hall–Kier alpha value is -0.160. The van der Waals surface area contributed by atoms with Crippen LogP contribution in [-0.4, -0.2) is 49.3 Å². The minimum Gasteiger partial charge on any atom is -0.318 e. The predicted molar refractivity (Wildman–Crippen MR) is 41.3 cm³/mol. The molecule has 0 amide bonds. The Morgan fingerprint density at radius 3 is 1.30 bits per heavy atom. The minimum absolute atomic E-state index is 0.679. The highest BCUT2D eigenvalue weighted by Gasteiger charge is 2.12. The van der Waals surface area contributed by atoms with E-state index < -0.39 is 0 Å². The largest absolute Gasteiger partial charge is 0.318 e. The monoisotopic (exact) mass is 144 g/mol. The van der Waals surface area contributed by atoms with Gasteiger partial charge < -0.3 is 11.5 Å². The van der Waals surface area contributed by atoms with Crippen molar-refractivity contribution in [3.8, 4) is 0 Å². The number of nitrogens with two attached hydrogens (primary N) is 2. The summed E-state index contributed by atoms with van der Waals surface area (Å²) in [7, 11) is 0. The van der Waals surface area contributed by atoms with Crippen molar-refractivity contribution in [3.63, 3.8) is 0 Å². The molecule has 4 nitrogen and oxygen atoms in total. The average molecular weight is 144 g/mol. The molecule has 4 heteroatoms. The van der Waals surface area contributed by atoms with Gasteiger partial charge in [0.15, 0.2) is 0 Å². The summed E-state index contributed by atoms with van der Waals surface area (Å²) in [6.07, 6.45) is 0. The zero-order valence-electron chi connectivity index (χ0n) is 6.29. The smallest absolute Gasteiger partial charge is 0.0456 e. The van der Waals surface area contributed by atoms with Crippen LogP contribution in [0.4, 0.5) is 0 Å². The summed E-state index contributed by atoms with van der Waals surface area (Å²) in [4.78, 5) is 4.46. The standard InChI is InChI=1S/C6H16N4/c7-5-9-1-2-10(6-8)4-3-9/h1-8H2. The molecule has 0 radical (unpaired) electrons. The molecule has 10 heavy (non-hydrogen) atoms.